The van der Waals surface area contributed by atoms with E-state index in [1.807, 2.05) is 11.8 Å². The van der Waals surface area contributed by atoms with E-state index in [1.165, 1.54) is 5.75 Å². The van der Waals surface area contributed by atoms with Gasteiger partial charge in [-0.1, -0.05) is 12.2 Å². The van der Waals surface area contributed by atoms with E-state index in [0.717, 1.165) is 12.2 Å². The van der Waals surface area contributed by atoms with E-state index < -0.39 is 0 Å². The topological polar surface area (TPSA) is 63.8 Å². The van der Waals surface area contributed by atoms with Crippen LogP contribution >= 0.6 is 24.0 Å². The molecule has 1 unspecified atom stereocenters. The van der Waals surface area contributed by atoms with Crippen molar-refractivity contribution in [1.29, 1.82) is 0 Å². The van der Waals surface area contributed by atoms with Gasteiger partial charge in [-0.2, -0.15) is 11.8 Å². The summed E-state index contributed by atoms with van der Waals surface area (Å²) < 4.78 is 0. The highest BCUT2D eigenvalue weighted by atomic mass is 32.2. The Kier molecular flexibility index (Phi) is 3.37. The number of anilines is 1. The summed E-state index contributed by atoms with van der Waals surface area (Å²) in [7, 11) is 0. The number of hydrogen-bond acceptors (Lipinski definition) is 5. The number of rotatable bonds is 3. The van der Waals surface area contributed by atoms with E-state index in [2.05, 4.69) is 15.3 Å². The minimum atomic E-state index is 0.288. The number of nitrogens with one attached hydrogen (secondary N) is 1. The second-order valence-corrected chi connectivity index (χ2v) is 4.91. The molecule has 80 valence electrons. The van der Waals surface area contributed by atoms with Crippen LogP contribution in [0.1, 0.15) is 12.1 Å². The summed E-state index contributed by atoms with van der Waals surface area (Å²) in [4.78, 5) is 8.62. The Morgan fingerprint density at radius 2 is 2.33 bits per heavy atom. The third-order valence-electron chi connectivity index (χ3n) is 2.20. The van der Waals surface area contributed by atoms with Gasteiger partial charge in [0.2, 0.25) is 0 Å². The highest BCUT2D eigenvalue weighted by Gasteiger charge is 2.17. The van der Waals surface area contributed by atoms with Gasteiger partial charge >= 0.3 is 0 Å². The number of hydrogen-bond donors (Lipinski definition) is 2. The van der Waals surface area contributed by atoms with Gasteiger partial charge in [-0.15, -0.1) is 0 Å². The molecule has 0 radical (unpaired) electrons. The van der Waals surface area contributed by atoms with Crippen LogP contribution in [0.25, 0.3) is 0 Å². The number of aromatic nitrogens is 2. The zero-order chi connectivity index (χ0) is 10.7. The first kappa shape index (κ1) is 10.6. The van der Waals surface area contributed by atoms with Gasteiger partial charge in [0.15, 0.2) is 5.82 Å². The standard InChI is InChI=1S/C9H12N4S2/c10-8(14)7-9(12-3-2-11-7)13-6-1-4-15-5-6/h2-3,6H,1,4-5H2,(H2,10,14)(H,12,13). The molecule has 0 aromatic carbocycles. The van der Waals surface area contributed by atoms with Crippen molar-refractivity contribution in [3.8, 4) is 0 Å². The van der Waals surface area contributed by atoms with E-state index in [4.69, 9.17) is 18.0 Å². The highest BCUT2D eigenvalue weighted by Crippen LogP contribution is 2.21. The number of nitrogens with zero attached hydrogens (tertiary/aromatic N) is 2. The predicted molar refractivity (Wildman–Crippen MR) is 67.3 cm³/mol. The molecule has 15 heavy (non-hydrogen) atoms. The zero-order valence-electron chi connectivity index (χ0n) is 8.14. The summed E-state index contributed by atoms with van der Waals surface area (Å²) in [6.45, 7) is 0. The summed E-state index contributed by atoms with van der Waals surface area (Å²) in [6, 6.07) is 0.458. The molecule has 2 rings (SSSR count). The maximum atomic E-state index is 5.57. The fourth-order valence-electron chi connectivity index (χ4n) is 1.47. The molecular formula is C9H12N4S2. The van der Waals surface area contributed by atoms with Gasteiger partial charge in [0.1, 0.15) is 10.7 Å². The molecule has 0 aliphatic carbocycles. The Balaban J connectivity index is 2.15. The quantitative estimate of drug-likeness (QED) is 0.769. The second-order valence-electron chi connectivity index (χ2n) is 3.32. The Labute approximate surface area is 98.1 Å². The van der Waals surface area contributed by atoms with E-state index in [-0.39, 0.29) is 4.99 Å². The minimum Gasteiger partial charge on any atom is -0.388 e. The Morgan fingerprint density at radius 1 is 1.53 bits per heavy atom. The molecule has 1 aromatic heterocycles. The molecule has 1 aliphatic rings. The van der Waals surface area contributed by atoms with Gasteiger partial charge in [-0.25, -0.2) is 9.97 Å². The third-order valence-corrected chi connectivity index (χ3v) is 3.56. The lowest BCUT2D eigenvalue weighted by atomic mass is 10.2. The molecule has 1 fully saturated rings. The lowest BCUT2D eigenvalue weighted by Crippen LogP contribution is -2.23. The normalized spacial score (nSPS) is 20.1. The first-order chi connectivity index (χ1) is 7.27. The molecule has 1 atom stereocenters. The summed E-state index contributed by atoms with van der Waals surface area (Å²) in [5.74, 6) is 3.01. The van der Waals surface area contributed by atoms with E-state index >= 15 is 0 Å². The molecule has 1 saturated heterocycles. The van der Waals surface area contributed by atoms with Crippen molar-refractivity contribution in [3.05, 3.63) is 18.1 Å². The van der Waals surface area contributed by atoms with Crippen LogP contribution in [-0.2, 0) is 0 Å². The molecule has 0 spiro atoms. The number of thioether (sulfide) groups is 1. The van der Waals surface area contributed by atoms with Crippen LogP contribution in [0.2, 0.25) is 0 Å². The molecule has 0 bridgehead atoms. The molecule has 0 amide bonds. The van der Waals surface area contributed by atoms with Crippen LogP contribution in [0.5, 0.6) is 0 Å². The molecule has 6 heteroatoms. The van der Waals surface area contributed by atoms with Crippen molar-refractivity contribution in [3.63, 3.8) is 0 Å². The van der Waals surface area contributed by atoms with E-state index in [9.17, 15) is 0 Å². The monoisotopic (exact) mass is 240 g/mol. The fourth-order valence-corrected chi connectivity index (χ4v) is 2.77. The zero-order valence-corrected chi connectivity index (χ0v) is 9.77. The van der Waals surface area contributed by atoms with Crippen molar-refractivity contribution in [1.82, 2.24) is 9.97 Å². The SMILES string of the molecule is NC(=S)c1nccnc1NC1CCSC1. The summed E-state index contributed by atoms with van der Waals surface area (Å²) in [5.41, 5.74) is 6.16. The van der Waals surface area contributed by atoms with Crippen LogP contribution in [0, 0.1) is 0 Å². The van der Waals surface area contributed by atoms with Gasteiger partial charge in [0.05, 0.1) is 0 Å². The number of nitrogens with two attached hydrogens (primary N) is 1. The largest absolute Gasteiger partial charge is 0.388 e. The summed E-state index contributed by atoms with van der Waals surface area (Å²) in [5, 5.41) is 3.33. The van der Waals surface area contributed by atoms with Gasteiger partial charge in [0, 0.05) is 24.2 Å². The predicted octanol–water partition coefficient (Wildman–Crippen LogP) is 1.03. The fraction of sp³-hybridized carbons (Fsp3) is 0.444. The van der Waals surface area contributed by atoms with E-state index in [0.29, 0.717) is 17.6 Å². The van der Waals surface area contributed by atoms with Crippen LogP contribution in [0.4, 0.5) is 5.82 Å². The molecule has 1 aliphatic heterocycles. The van der Waals surface area contributed by atoms with Gasteiger partial charge < -0.3 is 11.1 Å². The van der Waals surface area contributed by atoms with Crippen molar-refractivity contribution in [2.75, 3.05) is 16.8 Å². The minimum absolute atomic E-state index is 0.288. The third kappa shape index (κ3) is 2.57. The van der Waals surface area contributed by atoms with Crippen molar-refractivity contribution in [2.24, 2.45) is 5.73 Å². The molecule has 2 heterocycles. The second kappa shape index (κ2) is 4.76. The lowest BCUT2D eigenvalue weighted by molar-refractivity contribution is 0.804. The average molecular weight is 240 g/mol. The number of thiocarbonyl (C=S) groups is 1. The van der Waals surface area contributed by atoms with E-state index in [1.54, 1.807) is 12.4 Å². The molecule has 1 aromatic rings. The average Bonchev–Trinajstić information content (AvgIpc) is 2.71. The molecule has 3 N–H and O–H groups in total. The van der Waals surface area contributed by atoms with Crippen LogP contribution in [-0.4, -0.2) is 32.5 Å². The Hall–Kier alpha value is -0.880. The highest BCUT2D eigenvalue weighted by molar-refractivity contribution is 7.99. The maximum absolute atomic E-state index is 5.57. The van der Waals surface area contributed by atoms with Gasteiger partial charge in [-0.3, -0.25) is 0 Å². The first-order valence-electron chi connectivity index (χ1n) is 4.72. The maximum Gasteiger partial charge on any atom is 0.155 e. The Bertz CT molecular complexity index is 363. The summed E-state index contributed by atoms with van der Waals surface area (Å²) >= 11 is 6.86. The Morgan fingerprint density at radius 3 is 3.00 bits per heavy atom. The summed E-state index contributed by atoms with van der Waals surface area (Å²) in [6.07, 6.45) is 4.40. The lowest BCUT2D eigenvalue weighted by Gasteiger charge is -2.13. The smallest absolute Gasteiger partial charge is 0.155 e. The molecule has 4 nitrogen and oxygen atoms in total. The molecular weight excluding hydrogens is 228 g/mol. The van der Waals surface area contributed by atoms with Crippen molar-refractivity contribution >= 4 is 34.8 Å². The van der Waals surface area contributed by atoms with Crippen LogP contribution in [0.15, 0.2) is 12.4 Å². The molecule has 0 saturated carbocycles. The van der Waals surface area contributed by atoms with Crippen molar-refractivity contribution < 1.29 is 0 Å². The van der Waals surface area contributed by atoms with Gasteiger partial charge in [0.25, 0.3) is 0 Å². The van der Waals surface area contributed by atoms with Crippen molar-refractivity contribution in [2.45, 2.75) is 12.5 Å². The van der Waals surface area contributed by atoms with Crippen LogP contribution < -0.4 is 11.1 Å². The van der Waals surface area contributed by atoms with Gasteiger partial charge in [-0.05, 0) is 12.2 Å². The van der Waals surface area contributed by atoms with Crippen LogP contribution in [0.3, 0.4) is 0 Å². The first-order valence-corrected chi connectivity index (χ1v) is 6.29.